The Hall–Kier alpha value is -3.91. The highest BCUT2D eigenvalue weighted by Gasteiger charge is 2.43. The molecule has 5 rings (SSSR count). The summed E-state index contributed by atoms with van der Waals surface area (Å²) in [6.07, 6.45) is 0.878. The first-order valence-electron chi connectivity index (χ1n) is 11.7. The number of carbonyl (C=O) groups excluding carboxylic acids is 1. The van der Waals surface area contributed by atoms with E-state index in [1.807, 2.05) is 81.2 Å². The molecule has 8 nitrogen and oxygen atoms in total. The summed E-state index contributed by atoms with van der Waals surface area (Å²) in [4.78, 5) is 40.3. The van der Waals surface area contributed by atoms with Gasteiger partial charge in [-0.3, -0.25) is 9.59 Å². The molecule has 0 spiro atoms. The van der Waals surface area contributed by atoms with Gasteiger partial charge in [-0.15, -0.1) is 0 Å². The van der Waals surface area contributed by atoms with Crippen molar-refractivity contribution in [2.45, 2.75) is 32.3 Å². The van der Waals surface area contributed by atoms with E-state index in [4.69, 9.17) is 4.98 Å². The quantitative estimate of drug-likeness (QED) is 0.397. The van der Waals surface area contributed by atoms with Crippen molar-refractivity contribution in [2.75, 3.05) is 29.9 Å². The number of nitrogens with one attached hydrogen (secondary N) is 2. The minimum Gasteiger partial charge on any atom is -0.387 e. The zero-order valence-electron chi connectivity index (χ0n) is 20.3. The van der Waals surface area contributed by atoms with E-state index in [0.29, 0.717) is 35.7 Å². The Bertz CT molecular complexity index is 1470. The molecule has 0 aliphatic carbocycles. The number of aromatic amines is 2. The number of rotatable bonds is 6. The van der Waals surface area contributed by atoms with Gasteiger partial charge in [-0.1, -0.05) is 30.3 Å². The number of hydrogen-bond acceptors (Lipinski definition) is 5. The van der Waals surface area contributed by atoms with Gasteiger partial charge in [0, 0.05) is 26.3 Å². The van der Waals surface area contributed by atoms with E-state index in [0.717, 1.165) is 22.3 Å². The van der Waals surface area contributed by atoms with Crippen LogP contribution in [0.4, 0.5) is 11.4 Å². The molecule has 4 aromatic rings. The number of nitrogens with zero attached hydrogens (tertiary/aromatic N) is 3. The van der Waals surface area contributed by atoms with Crippen LogP contribution < -0.4 is 15.4 Å². The van der Waals surface area contributed by atoms with Crippen LogP contribution in [0.15, 0.2) is 59.5 Å². The summed E-state index contributed by atoms with van der Waals surface area (Å²) in [5.41, 5.74) is 4.20. The average molecular weight is 472 g/mol. The maximum atomic E-state index is 13.0. The Labute approximate surface area is 203 Å². The molecule has 0 bridgehead atoms. The third kappa shape index (κ3) is 3.70. The number of imidazole rings is 1. The molecule has 0 fully saturated rings. The molecule has 1 atom stereocenters. The van der Waals surface area contributed by atoms with Crippen LogP contribution in [0, 0.1) is 0 Å². The second-order valence-corrected chi connectivity index (χ2v) is 9.52. The highest BCUT2D eigenvalue weighted by atomic mass is 16.3. The number of aromatic nitrogens is 3. The predicted octanol–water partition coefficient (Wildman–Crippen LogP) is 3.73. The first kappa shape index (κ1) is 22.9. The van der Waals surface area contributed by atoms with Crippen LogP contribution in [-0.2, 0) is 10.2 Å². The van der Waals surface area contributed by atoms with Crippen LogP contribution in [0.5, 0.6) is 0 Å². The lowest BCUT2D eigenvalue weighted by Gasteiger charge is -2.24. The summed E-state index contributed by atoms with van der Waals surface area (Å²) in [5.74, 6) is 0.511. The molecule has 1 amide bonds. The summed E-state index contributed by atoms with van der Waals surface area (Å²) < 4.78 is 0. The highest BCUT2D eigenvalue weighted by molar-refractivity contribution is 6.09. The molecule has 1 aliphatic heterocycles. The van der Waals surface area contributed by atoms with Crippen molar-refractivity contribution >= 4 is 28.3 Å². The fourth-order valence-corrected chi connectivity index (χ4v) is 4.92. The summed E-state index contributed by atoms with van der Waals surface area (Å²) in [7, 11) is 1.84. The van der Waals surface area contributed by atoms with Crippen molar-refractivity contribution < 1.29 is 9.90 Å². The number of anilines is 2. The maximum Gasteiger partial charge on any atom is 0.261 e. The number of carbonyl (C=O) groups is 1. The number of benzene rings is 2. The lowest BCUT2D eigenvalue weighted by molar-refractivity contribution is -0.122. The van der Waals surface area contributed by atoms with Crippen LogP contribution in [0.3, 0.4) is 0 Å². The predicted molar refractivity (Wildman–Crippen MR) is 138 cm³/mol. The van der Waals surface area contributed by atoms with Gasteiger partial charge >= 0.3 is 0 Å². The summed E-state index contributed by atoms with van der Waals surface area (Å²) >= 11 is 0. The maximum absolute atomic E-state index is 13.0. The van der Waals surface area contributed by atoms with E-state index in [2.05, 4.69) is 9.97 Å². The Morgan fingerprint density at radius 2 is 1.89 bits per heavy atom. The molecule has 180 valence electrons. The van der Waals surface area contributed by atoms with Crippen molar-refractivity contribution in [3.8, 4) is 11.4 Å². The number of pyridine rings is 1. The highest BCUT2D eigenvalue weighted by Crippen LogP contribution is 2.43. The Balaban J connectivity index is 1.56. The van der Waals surface area contributed by atoms with Gasteiger partial charge in [-0.2, -0.15) is 0 Å². The van der Waals surface area contributed by atoms with Crippen LogP contribution in [0.1, 0.15) is 38.0 Å². The number of H-pyrrole nitrogens is 2. The van der Waals surface area contributed by atoms with E-state index in [-0.39, 0.29) is 11.5 Å². The molecule has 0 radical (unpaired) electrons. The summed E-state index contributed by atoms with van der Waals surface area (Å²) in [5, 5.41) is 10.7. The molecule has 3 N–H and O–H groups in total. The number of aliphatic hydroxyl groups excluding tert-OH is 1. The average Bonchev–Trinajstić information content (AvgIpc) is 3.33. The van der Waals surface area contributed by atoms with Gasteiger partial charge in [0.15, 0.2) is 0 Å². The Morgan fingerprint density at radius 3 is 2.60 bits per heavy atom. The minimum atomic E-state index is -0.716. The zero-order valence-corrected chi connectivity index (χ0v) is 20.3. The first-order valence-corrected chi connectivity index (χ1v) is 11.7. The van der Waals surface area contributed by atoms with Crippen molar-refractivity contribution in [2.24, 2.45) is 0 Å². The second kappa shape index (κ2) is 8.39. The van der Waals surface area contributed by atoms with E-state index >= 15 is 0 Å². The van der Waals surface area contributed by atoms with Gasteiger partial charge in [0.25, 0.3) is 5.56 Å². The molecule has 35 heavy (non-hydrogen) atoms. The second-order valence-electron chi connectivity index (χ2n) is 9.52. The van der Waals surface area contributed by atoms with Gasteiger partial charge in [0.2, 0.25) is 5.91 Å². The van der Waals surface area contributed by atoms with Crippen molar-refractivity contribution in [3.05, 3.63) is 76.2 Å². The molecule has 3 heterocycles. The van der Waals surface area contributed by atoms with Gasteiger partial charge in [0.05, 0.1) is 33.9 Å². The van der Waals surface area contributed by atoms with Crippen molar-refractivity contribution in [1.29, 1.82) is 0 Å². The molecule has 8 heteroatoms. The fourth-order valence-electron chi connectivity index (χ4n) is 4.92. The topological polar surface area (TPSA) is 105 Å². The number of hydrogen-bond donors (Lipinski definition) is 3. The van der Waals surface area contributed by atoms with Crippen LogP contribution in [0.2, 0.25) is 0 Å². The van der Waals surface area contributed by atoms with Crippen molar-refractivity contribution in [3.63, 3.8) is 0 Å². The largest absolute Gasteiger partial charge is 0.387 e. The van der Waals surface area contributed by atoms with Crippen LogP contribution >= 0.6 is 0 Å². The lowest BCUT2D eigenvalue weighted by Crippen LogP contribution is -2.35. The molecular formula is C27H29N5O3. The molecule has 0 unspecified atom stereocenters. The SMILES string of the molecule is CCN1C(=O)C(C)(C)c2cc3[nH]c(-c4c(N(C)C[C@@H](O)c5ccccc5)cc[nH]c4=O)nc3cc21. The molecule has 0 saturated carbocycles. The monoisotopic (exact) mass is 471 g/mol. The number of amides is 1. The summed E-state index contributed by atoms with van der Waals surface area (Å²) in [6.45, 7) is 6.70. The van der Waals surface area contributed by atoms with Crippen LogP contribution in [-0.4, -0.2) is 46.1 Å². The Morgan fingerprint density at radius 1 is 1.14 bits per heavy atom. The van der Waals surface area contributed by atoms with Crippen LogP contribution in [0.25, 0.3) is 22.4 Å². The molecule has 1 aliphatic rings. The summed E-state index contributed by atoms with van der Waals surface area (Å²) in [6, 6.07) is 15.1. The third-order valence-corrected chi connectivity index (χ3v) is 6.88. The van der Waals surface area contributed by atoms with E-state index in [1.54, 1.807) is 11.1 Å². The molecule has 0 saturated heterocycles. The first-order chi connectivity index (χ1) is 16.7. The lowest BCUT2D eigenvalue weighted by atomic mass is 9.86. The van der Waals surface area contributed by atoms with Gasteiger partial charge < -0.3 is 24.9 Å². The molecule has 2 aromatic carbocycles. The van der Waals surface area contributed by atoms with Crippen molar-refractivity contribution in [1.82, 2.24) is 15.0 Å². The molecule has 2 aromatic heterocycles. The van der Waals surface area contributed by atoms with E-state index in [9.17, 15) is 14.7 Å². The smallest absolute Gasteiger partial charge is 0.261 e. The van der Waals surface area contributed by atoms with Gasteiger partial charge in [-0.05, 0) is 50.1 Å². The number of fused-ring (bicyclic) bond motifs is 2. The number of likely N-dealkylation sites (N-methyl/N-ethyl adjacent to an activating group) is 2. The van der Waals surface area contributed by atoms with Gasteiger partial charge in [0.1, 0.15) is 11.4 Å². The minimum absolute atomic E-state index is 0.0725. The molecular weight excluding hydrogens is 442 g/mol. The normalized spacial score (nSPS) is 15.5. The third-order valence-electron chi connectivity index (χ3n) is 6.88. The van der Waals surface area contributed by atoms with E-state index < -0.39 is 11.5 Å². The fraction of sp³-hybridized carbons (Fsp3) is 0.296. The van der Waals surface area contributed by atoms with Gasteiger partial charge in [-0.25, -0.2) is 4.98 Å². The zero-order chi connectivity index (χ0) is 24.9. The Kier molecular flexibility index (Phi) is 5.48. The van der Waals surface area contributed by atoms with E-state index in [1.165, 1.54) is 0 Å². The standard InChI is InChI=1S/C27H29N5O3/c1-5-32-21-14-19-18(13-17(21)27(2,3)26(32)35)29-24(30-19)23-20(11-12-28-25(23)34)31(4)15-22(33)16-9-7-6-8-10-16/h6-14,22,33H,5,15H2,1-4H3,(H,28,34)(H,29,30)/t22-/m1/s1. The number of aliphatic hydroxyl groups is 1.